The summed E-state index contributed by atoms with van der Waals surface area (Å²) in [5, 5.41) is 8.85. The number of carboxylic acids is 1. The van der Waals surface area contributed by atoms with Crippen molar-refractivity contribution < 1.29 is 14.7 Å². The molecule has 0 atom stereocenters. The minimum absolute atomic E-state index is 0.0125. The van der Waals surface area contributed by atoms with Gasteiger partial charge in [-0.05, 0) is 29.5 Å². The molecular weight excluding hydrogens is 254 g/mol. The number of aryl methyl sites for hydroxylation is 1. The van der Waals surface area contributed by atoms with E-state index in [1.165, 1.54) is 5.56 Å². The zero-order valence-corrected chi connectivity index (χ0v) is 12.6. The van der Waals surface area contributed by atoms with Gasteiger partial charge in [-0.3, -0.25) is 9.59 Å². The van der Waals surface area contributed by atoms with Crippen LogP contribution in [0, 0.1) is 5.41 Å². The van der Waals surface area contributed by atoms with Gasteiger partial charge in [0.05, 0.1) is 6.42 Å². The summed E-state index contributed by atoms with van der Waals surface area (Å²) in [7, 11) is 1.72. The van der Waals surface area contributed by atoms with Crippen LogP contribution in [0.2, 0.25) is 0 Å². The van der Waals surface area contributed by atoms with Crippen LogP contribution in [0.3, 0.4) is 0 Å². The van der Waals surface area contributed by atoms with Gasteiger partial charge in [-0.15, -0.1) is 0 Å². The van der Waals surface area contributed by atoms with Gasteiger partial charge in [0, 0.05) is 19.2 Å². The first kappa shape index (κ1) is 16.2. The highest BCUT2D eigenvalue weighted by Crippen LogP contribution is 2.27. The van der Waals surface area contributed by atoms with Gasteiger partial charge in [-0.2, -0.15) is 0 Å². The van der Waals surface area contributed by atoms with Crippen LogP contribution < -0.4 is 4.90 Å². The van der Waals surface area contributed by atoms with Crippen LogP contribution in [-0.2, 0) is 16.0 Å². The maximum absolute atomic E-state index is 12.2. The summed E-state index contributed by atoms with van der Waals surface area (Å²) in [6.07, 6.45) is 1.16. The third kappa shape index (κ3) is 4.68. The van der Waals surface area contributed by atoms with Gasteiger partial charge in [0.1, 0.15) is 0 Å². The highest BCUT2D eigenvalue weighted by molar-refractivity contribution is 5.93. The van der Waals surface area contributed by atoms with Gasteiger partial charge in [-0.25, -0.2) is 0 Å². The summed E-state index contributed by atoms with van der Waals surface area (Å²) in [5.41, 5.74) is 1.51. The Labute approximate surface area is 120 Å². The molecule has 4 nitrogen and oxygen atoms in total. The maximum Gasteiger partial charge on any atom is 0.303 e. The van der Waals surface area contributed by atoms with E-state index in [1.807, 2.05) is 24.3 Å². The number of amides is 1. The van der Waals surface area contributed by atoms with E-state index in [0.29, 0.717) is 0 Å². The number of rotatable bonds is 6. The maximum atomic E-state index is 12.2. The van der Waals surface area contributed by atoms with Gasteiger partial charge in [-0.1, -0.05) is 32.9 Å². The van der Waals surface area contributed by atoms with E-state index >= 15 is 0 Å². The lowest BCUT2D eigenvalue weighted by molar-refractivity contribution is -0.139. The van der Waals surface area contributed by atoms with Crippen molar-refractivity contribution in [3.05, 3.63) is 29.8 Å². The van der Waals surface area contributed by atoms with Crippen molar-refractivity contribution in [2.45, 2.75) is 40.0 Å². The number of carboxylic acid groups (broad SMARTS) is 1. The molecule has 0 aromatic heterocycles. The van der Waals surface area contributed by atoms with Crippen molar-refractivity contribution in [1.29, 1.82) is 0 Å². The molecule has 0 aliphatic rings. The monoisotopic (exact) mass is 277 g/mol. The Morgan fingerprint density at radius 1 is 1.15 bits per heavy atom. The fourth-order valence-corrected chi connectivity index (χ4v) is 2.10. The fourth-order valence-electron chi connectivity index (χ4n) is 2.10. The molecule has 4 heteroatoms. The lowest BCUT2D eigenvalue weighted by Gasteiger charge is -2.25. The Hall–Kier alpha value is -1.84. The van der Waals surface area contributed by atoms with Crippen LogP contribution in [-0.4, -0.2) is 24.0 Å². The highest BCUT2D eigenvalue weighted by atomic mass is 16.4. The third-order valence-corrected chi connectivity index (χ3v) is 3.37. The average Bonchev–Trinajstić information content (AvgIpc) is 2.35. The van der Waals surface area contributed by atoms with Gasteiger partial charge in [0.2, 0.25) is 5.91 Å². The first-order valence-electron chi connectivity index (χ1n) is 6.82. The molecule has 1 rings (SSSR count). The van der Waals surface area contributed by atoms with Gasteiger partial charge < -0.3 is 10.0 Å². The normalized spacial score (nSPS) is 11.2. The summed E-state index contributed by atoms with van der Waals surface area (Å²) in [5.74, 6) is -0.946. The van der Waals surface area contributed by atoms with E-state index in [2.05, 4.69) is 6.92 Å². The minimum atomic E-state index is -0.877. The molecule has 0 saturated heterocycles. The van der Waals surface area contributed by atoms with Gasteiger partial charge in [0.15, 0.2) is 0 Å². The van der Waals surface area contributed by atoms with Crippen LogP contribution in [0.4, 0.5) is 5.69 Å². The molecule has 20 heavy (non-hydrogen) atoms. The fraction of sp³-hybridized carbons (Fsp3) is 0.500. The molecule has 0 heterocycles. The number of carbonyl (C=O) groups excluding carboxylic acids is 1. The molecule has 0 unspecified atom stereocenters. The number of aliphatic carboxylic acids is 1. The molecular formula is C16H23NO3. The molecule has 0 bridgehead atoms. The topological polar surface area (TPSA) is 57.6 Å². The number of anilines is 1. The summed E-state index contributed by atoms with van der Waals surface area (Å²) in [6.45, 7) is 5.68. The van der Waals surface area contributed by atoms with Crippen LogP contribution in [0.25, 0.3) is 0 Å². The Morgan fingerprint density at radius 3 is 2.15 bits per heavy atom. The van der Waals surface area contributed by atoms with Crippen molar-refractivity contribution >= 4 is 17.6 Å². The second kappa shape index (κ2) is 6.55. The minimum Gasteiger partial charge on any atom is -0.481 e. The van der Waals surface area contributed by atoms with Crippen LogP contribution >= 0.6 is 0 Å². The van der Waals surface area contributed by atoms with Crippen LogP contribution in [0.5, 0.6) is 0 Å². The Kier molecular flexibility index (Phi) is 5.31. The van der Waals surface area contributed by atoms with Crippen molar-refractivity contribution in [3.8, 4) is 0 Å². The quantitative estimate of drug-likeness (QED) is 0.869. The molecule has 1 aromatic carbocycles. The van der Waals surface area contributed by atoms with Crippen LogP contribution in [0.15, 0.2) is 24.3 Å². The summed E-state index contributed by atoms with van der Waals surface area (Å²) >= 11 is 0. The van der Waals surface area contributed by atoms with E-state index in [1.54, 1.807) is 25.8 Å². The molecule has 110 valence electrons. The number of nitrogens with zero attached hydrogens (tertiary/aromatic N) is 1. The smallest absolute Gasteiger partial charge is 0.303 e. The van der Waals surface area contributed by atoms with E-state index in [9.17, 15) is 9.59 Å². The zero-order valence-electron chi connectivity index (χ0n) is 12.6. The van der Waals surface area contributed by atoms with Gasteiger partial charge >= 0.3 is 5.97 Å². The zero-order chi connectivity index (χ0) is 15.3. The Bertz CT molecular complexity index is 477. The molecule has 1 amide bonds. The van der Waals surface area contributed by atoms with Crippen LogP contribution in [0.1, 0.15) is 39.2 Å². The SMILES string of the molecule is CCc1ccc(N(C)C(=O)CC(C)(C)CC(=O)O)cc1. The first-order valence-corrected chi connectivity index (χ1v) is 6.82. The molecule has 0 spiro atoms. The summed E-state index contributed by atoms with van der Waals surface area (Å²) < 4.78 is 0. The number of hydrogen-bond donors (Lipinski definition) is 1. The lowest BCUT2D eigenvalue weighted by atomic mass is 9.85. The molecule has 1 N–H and O–H groups in total. The molecule has 0 aliphatic heterocycles. The summed E-state index contributed by atoms with van der Waals surface area (Å²) in [4.78, 5) is 24.6. The van der Waals surface area contributed by atoms with Crippen molar-refractivity contribution in [2.24, 2.45) is 5.41 Å². The van der Waals surface area contributed by atoms with Crippen molar-refractivity contribution in [1.82, 2.24) is 0 Å². The van der Waals surface area contributed by atoms with Crippen molar-refractivity contribution in [3.63, 3.8) is 0 Å². The largest absolute Gasteiger partial charge is 0.481 e. The number of carbonyl (C=O) groups is 2. The Balaban J connectivity index is 2.73. The first-order chi connectivity index (χ1) is 9.25. The van der Waals surface area contributed by atoms with E-state index in [4.69, 9.17) is 5.11 Å². The predicted octanol–water partition coefficient (Wildman–Crippen LogP) is 3.10. The van der Waals surface area contributed by atoms with Crippen molar-refractivity contribution in [2.75, 3.05) is 11.9 Å². The molecule has 1 aromatic rings. The summed E-state index contributed by atoms with van der Waals surface area (Å²) in [6, 6.07) is 7.84. The molecule has 0 aliphatic carbocycles. The lowest BCUT2D eigenvalue weighted by Crippen LogP contribution is -2.31. The second-order valence-electron chi connectivity index (χ2n) is 5.88. The molecule has 0 fully saturated rings. The third-order valence-electron chi connectivity index (χ3n) is 3.37. The standard InChI is InChI=1S/C16H23NO3/c1-5-12-6-8-13(9-7-12)17(4)14(18)10-16(2,3)11-15(19)20/h6-9H,5,10-11H2,1-4H3,(H,19,20). The molecule has 0 saturated carbocycles. The van der Waals surface area contributed by atoms with E-state index in [-0.39, 0.29) is 18.7 Å². The molecule has 0 radical (unpaired) electrons. The highest BCUT2D eigenvalue weighted by Gasteiger charge is 2.27. The Morgan fingerprint density at radius 2 is 1.70 bits per heavy atom. The second-order valence-corrected chi connectivity index (χ2v) is 5.88. The number of hydrogen-bond acceptors (Lipinski definition) is 2. The van der Waals surface area contributed by atoms with E-state index < -0.39 is 11.4 Å². The van der Waals surface area contributed by atoms with Gasteiger partial charge in [0.25, 0.3) is 0 Å². The predicted molar refractivity (Wildman–Crippen MR) is 79.9 cm³/mol. The van der Waals surface area contributed by atoms with E-state index in [0.717, 1.165) is 12.1 Å². The number of benzene rings is 1. The average molecular weight is 277 g/mol.